The minimum atomic E-state index is -3.98. The molecule has 5 heteroatoms. The monoisotopic (exact) mass is 256 g/mol. The molecule has 0 aliphatic rings. The zero-order valence-corrected chi connectivity index (χ0v) is 12.2. The van der Waals surface area contributed by atoms with Crippen molar-refractivity contribution in [3.8, 4) is 0 Å². The summed E-state index contributed by atoms with van der Waals surface area (Å²) < 4.78 is 30.9. The van der Waals surface area contributed by atoms with Gasteiger partial charge in [-0.15, -0.1) is 0 Å². The Hall–Kier alpha value is 0.507. The first kappa shape index (κ1) is 19.8. The third-order valence-electron chi connectivity index (χ3n) is 2.75. The summed E-state index contributed by atoms with van der Waals surface area (Å²) in [5, 5.41) is 0. The van der Waals surface area contributed by atoms with Gasteiger partial charge in [-0.2, -0.15) is 0 Å². The Balaban J connectivity index is 0. The van der Waals surface area contributed by atoms with Crippen LogP contribution in [0.2, 0.25) is 0 Å². The summed E-state index contributed by atoms with van der Waals surface area (Å²) in [6.07, 6.45) is 11.4. The molecule has 0 radical (unpaired) electrons. The van der Waals surface area contributed by atoms with Crippen molar-refractivity contribution < 1.29 is 31.8 Å². The van der Waals surface area contributed by atoms with Gasteiger partial charge >= 0.3 is 18.9 Å². The molecular weight excluding hydrogens is 231 g/mol. The van der Waals surface area contributed by atoms with Crippen LogP contribution in [-0.2, 0) is 10.1 Å². The third kappa shape index (κ3) is 19.0. The first-order valence-electron chi connectivity index (χ1n) is 6.50. The average molecular weight is 256 g/mol. The van der Waals surface area contributed by atoms with Crippen LogP contribution in [0, 0.1) is 0 Å². The molecule has 0 aromatic rings. The molecule has 0 aromatic heterocycles. The van der Waals surface area contributed by atoms with E-state index in [4.69, 9.17) is 0 Å². The molecule has 0 spiro atoms. The molecule has 0 rings (SSSR count). The Morgan fingerprint density at radius 2 is 1.12 bits per heavy atom. The summed E-state index contributed by atoms with van der Waals surface area (Å²) in [5.74, 6) is -0.191. The number of hydrogen-bond acceptors (Lipinski definition) is 3. The number of hydrogen-bond donors (Lipinski definition) is 0. The van der Waals surface area contributed by atoms with Gasteiger partial charge in [-0.25, -0.2) is 8.42 Å². The van der Waals surface area contributed by atoms with Crippen molar-refractivity contribution >= 4 is 10.1 Å². The van der Waals surface area contributed by atoms with E-state index in [2.05, 4.69) is 6.92 Å². The van der Waals surface area contributed by atoms with Gasteiger partial charge in [0.2, 0.25) is 0 Å². The molecule has 0 atom stereocenters. The van der Waals surface area contributed by atoms with Gasteiger partial charge < -0.3 is 4.55 Å². The molecule has 17 heavy (non-hydrogen) atoms. The molecule has 0 bridgehead atoms. The fraction of sp³-hybridized carbons (Fsp3) is 1.00. The van der Waals surface area contributed by atoms with Gasteiger partial charge in [-0.3, -0.25) is 0 Å². The molecular formula is C12H25LiO3S. The summed E-state index contributed by atoms with van der Waals surface area (Å²) in [5.41, 5.74) is 0. The van der Waals surface area contributed by atoms with Crippen LogP contribution in [0.5, 0.6) is 0 Å². The quantitative estimate of drug-likeness (QED) is 0.306. The fourth-order valence-electron chi connectivity index (χ4n) is 1.77. The van der Waals surface area contributed by atoms with Crippen LogP contribution < -0.4 is 18.9 Å². The van der Waals surface area contributed by atoms with Crippen molar-refractivity contribution in [3.63, 3.8) is 0 Å². The number of rotatable bonds is 11. The van der Waals surface area contributed by atoms with E-state index in [9.17, 15) is 13.0 Å². The first-order chi connectivity index (χ1) is 7.56. The van der Waals surface area contributed by atoms with Crippen LogP contribution in [0.15, 0.2) is 0 Å². The molecule has 0 aliphatic carbocycles. The maximum absolute atomic E-state index is 10.3. The smallest absolute Gasteiger partial charge is 0.748 e. The second-order valence-corrected chi connectivity index (χ2v) is 5.97. The maximum atomic E-state index is 10.3. The van der Waals surface area contributed by atoms with Crippen molar-refractivity contribution in [1.29, 1.82) is 0 Å². The molecule has 0 saturated carbocycles. The van der Waals surface area contributed by atoms with Crippen LogP contribution in [0.3, 0.4) is 0 Å². The molecule has 0 heterocycles. The van der Waals surface area contributed by atoms with Crippen molar-refractivity contribution in [3.05, 3.63) is 0 Å². The van der Waals surface area contributed by atoms with Gasteiger partial charge in [-0.1, -0.05) is 64.7 Å². The summed E-state index contributed by atoms with van der Waals surface area (Å²) >= 11 is 0. The van der Waals surface area contributed by atoms with Crippen molar-refractivity contribution in [2.24, 2.45) is 0 Å². The van der Waals surface area contributed by atoms with Gasteiger partial charge in [0.15, 0.2) is 0 Å². The Morgan fingerprint density at radius 1 is 0.765 bits per heavy atom. The summed E-state index contributed by atoms with van der Waals surface area (Å²) in [4.78, 5) is 0. The van der Waals surface area contributed by atoms with Crippen molar-refractivity contribution in [2.75, 3.05) is 5.75 Å². The van der Waals surface area contributed by atoms with Gasteiger partial charge in [0, 0.05) is 5.75 Å². The van der Waals surface area contributed by atoms with E-state index in [1.165, 1.54) is 44.9 Å². The molecule has 98 valence electrons. The number of unbranched alkanes of at least 4 members (excludes halogenated alkanes) is 9. The SMILES string of the molecule is CCCCCCCCCCCCS(=O)(=O)[O-].[Li+]. The summed E-state index contributed by atoms with van der Waals surface area (Å²) in [7, 11) is -3.98. The normalized spacial score (nSPS) is 11.2. The molecule has 0 saturated heterocycles. The van der Waals surface area contributed by atoms with Gasteiger partial charge in [0.25, 0.3) is 0 Å². The third-order valence-corrected chi connectivity index (χ3v) is 3.54. The van der Waals surface area contributed by atoms with Crippen LogP contribution in [0.4, 0.5) is 0 Å². The molecule has 0 unspecified atom stereocenters. The van der Waals surface area contributed by atoms with Crippen LogP contribution in [0.1, 0.15) is 71.1 Å². The standard InChI is InChI=1S/C12H26O3S.Li/c1-2-3-4-5-6-7-8-9-10-11-12-16(13,14)15;/h2-12H2,1H3,(H,13,14,15);/q;+1/p-1. The topological polar surface area (TPSA) is 57.2 Å². The van der Waals surface area contributed by atoms with E-state index in [1.54, 1.807) is 0 Å². The van der Waals surface area contributed by atoms with Gasteiger partial charge in [0.05, 0.1) is 10.1 Å². The van der Waals surface area contributed by atoms with E-state index >= 15 is 0 Å². The second kappa shape index (κ2) is 13.0. The summed E-state index contributed by atoms with van der Waals surface area (Å²) in [6.45, 7) is 2.21. The second-order valence-electron chi connectivity index (χ2n) is 4.44. The Kier molecular flexibility index (Phi) is 15.1. The molecule has 0 N–H and O–H groups in total. The predicted molar refractivity (Wildman–Crippen MR) is 66.4 cm³/mol. The zero-order valence-electron chi connectivity index (χ0n) is 11.4. The van der Waals surface area contributed by atoms with E-state index in [1.807, 2.05) is 0 Å². The Morgan fingerprint density at radius 3 is 1.47 bits per heavy atom. The van der Waals surface area contributed by atoms with Gasteiger partial charge in [0.1, 0.15) is 0 Å². The van der Waals surface area contributed by atoms with Crippen LogP contribution in [-0.4, -0.2) is 18.7 Å². The largest absolute Gasteiger partial charge is 1.00 e. The summed E-state index contributed by atoms with van der Waals surface area (Å²) in [6, 6.07) is 0. The van der Waals surface area contributed by atoms with E-state index in [0.29, 0.717) is 6.42 Å². The molecule has 0 fully saturated rings. The van der Waals surface area contributed by atoms with Gasteiger partial charge in [-0.05, 0) is 6.42 Å². The van der Waals surface area contributed by atoms with Crippen LogP contribution in [0.25, 0.3) is 0 Å². The minimum Gasteiger partial charge on any atom is -0.748 e. The van der Waals surface area contributed by atoms with Crippen molar-refractivity contribution in [1.82, 2.24) is 0 Å². The molecule has 0 aliphatic heterocycles. The Bertz CT molecular complexity index is 240. The molecule has 3 nitrogen and oxygen atoms in total. The molecule has 0 aromatic carbocycles. The maximum Gasteiger partial charge on any atom is 1.00 e. The van der Waals surface area contributed by atoms with E-state index in [0.717, 1.165) is 12.8 Å². The fourth-order valence-corrected chi connectivity index (χ4v) is 2.32. The van der Waals surface area contributed by atoms with Crippen LogP contribution >= 0.6 is 0 Å². The van der Waals surface area contributed by atoms with Crippen molar-refractivity contribution in [2.45, 2.75) is 71.1 Å². The first-order valence-corrected chi connectivity index (χ1v) is 8.07. The predicted octanol–water partition coefficient (Wildman–Crippen LogP) is 0.457. The zero-order chi connectivity index (χ0) is 12.3. The average Bonchev–Trinajstić information content (AvgIpc) is 2.19. The molecule has 0 amide bonds. The Labute approximate surface area is 119 Å². The minimum absolute atomic E-state index is 0. The van der Waals surface area contributed by atoms with E-state index in [-0.39, 0.29) is 24.6 Å². The van der Waals surface area contributed by atoms with E-state index < -0.39 is 10.1 Å².